The van der Waals surface area contributed by atoms with Crippen LogP contribution in [0.5, 0.6) is 0 Å². The highest BCUT2D eigenvalue weighted by atomic mass is 16.7. The highest BCUT2D eigenvalue weighted by Gasteiger charge is 2.59. The van der Waals surface area contributed by atoms with Gasteiger partial charge in [0.15, 0.2) is 17.7 Å². The number of esters is 1. The number of amides is 1. The summed E-state index contributed by atoms with van der Waals surface area (Å²) in [4.78, 5) is 46.1. The molecule has 5 aliphatic heterocycles. The van der Waals surface area contributed by atoms with Crippen molar-refractivity contribution in [2.75, 3.05) is 27.2 Å². The van der Waals surface area contributed by atoms with E-state index in [0.717, 1.165) is 19.4 Å². The molecule has 0 aromatic heterocycles. The monoisotopic (exact) mass is 665 g/mol. The van der Waals surface area contributed by atoms with Crippen LogP contribution in [0.25, 0.3) is 0 Å². The van der Waals surface area contributed by atoms with Gasteiger partial charge in [0.05, 0.1) is 23.9 Å². The Labute approximate surface area is 280 Å². The van der Waals surface area contributed by atoms with Crippen molar-refractivity contribution in [3.05, 3.63) is 0 Å². The van der Waals surface area contributed by atoms with Crippen LogP contribution < -0.4 is 5.32 Å². The molecule has 1 amide bonds. The number of hydrogen-bond donors (Lipinski definition) is 2. The predicted octanol–water partition coefficient (Wildman–Crippen LogP) is 3.27. The van der Waals surface area contributed by atoms with Crippen LogP contribution in [0.3, 0.4) is 0 Å². The minimum atomic E-state index is -1.54. The third kappa shape index (κ3) is 6.84. The van der Waals surface area contributed by atoms with Crippen LogP contribution >= 0.6 is 0 Å². The summed E-state index contributed by atoms with van der Waals surface area (Å²) >= 11 is 0. The van der Waals surface area contributed by atoms with E-state index in [9.17, 15) is 19.5 Å². The molecule has 47 heavy (non-hydrogen) atoms. The van der Waals surface area contributed by atoms with E-state index in [4.69, 9.17) is 23.7 Å². The van der Waals surface area contributed by atoms with E-state index in [0.29, 0.717) is 25.3 Å². The summed E-state index contributed by atoms with van der Waals surface area (Å²) < 4.78 is 31.9. The molecule has 268 valence electrons. The maximum Gasteiger partial charge on any atom is 0.408 e. The summed E-state index contributed by atoms with van der Waals surface area (Å²) in [7, 11) is 3.84. The van der Waals surface area contributed by atoms with Crippen LogP contribution in [0.2, 0.25) is 0 Å². The minimum Gasteiger partial charge on any atom is -0.457 e. The van der Waals surface area contributed by atoms with E-state index < -0.39 is 65.2 Å². The largest absolute Gasteiger partial charge is 0.457 e. The summed E-state index contributed by atoms with van der Waals surface area (Å²) in [5.74, 6) is -1.67. The van der Waals surface area contributed by atoms with Gasteiger partial charge < -0.3 is 39.0 Å². The lowest BCUT2D eigenvalue weighted by Crippen LogP contribution is -2.61. The quantitative estimate of drug-likeness (QED) is 0.331. The van der Waals surface area contributed by atoms with Crippen molar-refractivity contribution < 1.29 is 43.2 Å². The number of carbonyl (C=O) groups is 3. The van der Waals surface area contributed by atoms with Gasteiger partial charge in [-0.1, -0.05) is 20.8 Å². The van der Waals surface area contributed by atoms with Crippen molar-refractivity contribution in [3.8, 4) is 0 Å². The molecule has 0 radical (unpaired) electrons. The van der Waals surface area contributed by atoms with E-state index >= 15 is 0 Å². The molecule has 6 rings (SSSR count). The SMILES string of the molecule is CC[C@H]1OC(=O)[C@@]2(C)CCO[C@@](C)(C[C@@H](C)CN(C3CC3)[C@H](C)[C@H]3NC(=O)O[C@@]31C)[C@H](O[C@@H]1O[C@H](C)CC(N(C)C)C1O)[C@@H](C)C2=O. The normalized spacial score (nSPS) is 47.4. The minimum absolute atomic E-state index is 0.0992. The van der Waals surface area contributed by atoms with E-state index in [-0.39, 0.29) is 42.9 Å². The van der Waals surface area contributed by atoms with Gasteiger partial charge >= 0.3 is 12.1 Å². The number of fused-ring (bicyclic) bond motifs is 10. The van der Waals surface area contributed by atoms with Crippen LogP contribution in [0.1, 0.15) is 93.9 Å². The third-order valence-corrected chi connectivity index (χ3v) is 11.8. The Bertz CT molecular complexity index is 1180. The first-order chi connectivity index (χ1) is 21.9. The number of likely N-dealkylation sites (N-methyl/N-ethyl adjacent to an activating group) is 1. The zero-order valence-electron chi connectivity index (χ0n) is 30.1. The Morgan fingerprint density at radius 3 is 2.38 bits per heavy atom. The summed E-state index contributed by atoms with van der Waals surface area (Å²) in [6, 6.07) is -0.390. The van der Waals surface area contributed by atoms with Gasteiger partial charge in [-0.3, -0.25) is 14.5 Å². The van der Waals surface area contributed by atoms with Crippen LogP contribution in [0.4, 0.5) is 4.79 Å². The lowest BCUT2D eigenvalue weighted by Gasteiger charge is -2.49. The second kappa shape index (κ2) is 13.5. The maximum absolute atomic E-state index is 14.6. The number of nitrogens with zero attached hydrogens (tertiary/aromatic N) is 2. The number of ether oxygens (including phenoxy) is 5. The molecular weight excluding hydrogens is 606 g/mol. The molecule has 12 nitrogen and oxygen atoms in total. The highest BCUT2D eigenvalue weighted by molar-refractivity contribution is 6.04. The number of carbonyl (C=O) groups excluding carboxylic acids is 3. The lowest BCUT2D eigenvalue weighted by atomic mass is 9.70. The summed E-state index contributed by atoms with van der Waals surface area (Å²) in [5.41, 5.74) is -3.63. The zero-order valence-corrected chi connectivity index (χ0v) is 30.1. The molecule has 6 aliphatic rings. The molecule has 0 aromatic rings. The highest BCUT2D eigenvalue weighted by Crippen LogP contribution is 2.44. The van der Waals surface area contributed by atoms with Gasteiger partial charge in [-0.15, -0.1) is 0 Å². The summed E-state index contributed by atoms with van der Waals surface area (Å²) in [6.07, 6.45) is -0.410. The Morgan fingerprint density at radius 1 is 1.09 bits per heavy atom. The first-order valence-corrected chi connectivity index (χ1v) is 17.7. The standard InChI is InChI=1S/C35H59N3O9/c1-11-25-35(8)27(36-32(42)47-35)22(5)38(23-12-13-23)18-19(2)17-34(7)29(46-30-26(39)24(37(9)10)16-20(3)44-30)21(4)28(40)33(6,14-15-43-34)31(41)45-25/h19-27,29-30,39H,11-18H2,1-10H3,(H,36,42)/t19-,20-,21+,22-,24?,25-,26?,27-,29-,30+,33+,34+,35-/m1/s1. The smallest absolute Gasteiger partial charge is 0.408 e. The Morgan fingerprint density at radius 2 is 1.77 bits per heavy atom. The molecule has 2 bridgehead atoms. The van der Waals surface area contributed by atoms with Crippen molar-refractivity contribution in [2.45, 2.75) is 160 Å². The average molecular weight is 666 g/mol. The number of ketones is 1. The van der Waals surface area contributed by atoms with E-state index in [1.54, 1.807) is 13.8 Å². The molecule has 0 spiro atoms. The number of aliphatic hydroxyl groups excluding tert-OH is 1. The van der Waals surface area contributed by atoms with Crippen LogP contribution in [-0.4, -0.2) is 126 Å². The molecular formula is C35H59N3O9. The molecule has 2 unspecified atom stereocenters. The van der Waals surface area contributed by atoms with Gasteiger partial charge in [-0.25, -0.2) is 4.79 Å². The van der Waals surface area contributed by atoms with Crippen molar-refractivity contribution in [1.82, 2.24) is 15.1 Å². The first-order valence-electron chi connectivity index (χ1n) is 17.7. The molecule has 5 heterocycles. The van der Waals surface area contributed by atoms with E-state index in [1.807, 2.05) is 46.7 Å². The summed E-state index contributed by atoms with van der Waals surface area (Å²) in [5, 5.41) is 14.5. The van der Waals surface area contributed by atoms with Gasteiger partial charge in [0.1, 0.15) is 17.6 Å². The summed E-state index contributed by atoms with van der Waals surface area (Å²) in [6.45, 7) is 16.2. The molecule has 13 atom stereocenters. The molecule has 2 N–H and O–H groups in total. The number of hydrogen-bond acceptors (Lipinski definition) is 11. The molecule has 1 saturated carbocycles. The topological polar surface area (TPSA) is 136 Å². The third-order valence-electron chi connectivity index (χ3n) is 11.8. The van der Waals surface area contributed by atoms with Gasteiger partial charge in [-0.05, 0) is 93.2 Å². The fourth-order valence-corrected chi connectivity index (χ4v) is 8.96. The van der Waals surface area contributed by atoms with Crippen LogP contribution in [0, 0.1) is 17.3 Å². The van der Waals surface area contributed by atoms with Gasteiger partial charge in [0.2, 0.25) is 0 Å². The van der Waals surface area contributed by atoms with E-state index in [1.165, 1.54) is 0 Å². The molecule has 6 fully saturated rings. The van der Waals surface area contributed by atoms with Crippen LogP contribution in [0.15, 0.2) is 0 Å². The van der Waals surface area contributed by atoms with Crippen molar-refractivity contribution >= 4 is 17.8 Å². The fraction of sp³-hybridized carbons (Fsp3) is 0.914. The van der Waals surface area contributed by atoms with E-state index in [2.05, 4.69) is 24.1 Å². The van der Waals surface area contributed by atoms with Gasteiger partial charge in [0.25, 0.3) is 0 Å². The average Bonchev–Trinajstić information content (AvgIpc) is 3.79. The number of rotatable bonds is 5. The molecule has 0 aromatic carbocycles. The molecule has 1 aliphatic carbocycles. The Balaban J connectivity index is 1.57. The second-order valence-electron chi connectivity index (χ2n) is 16.0. The molecule has 12 heteroatoms. The van der Waals surface area contributed by atoms with Crippen molar-refractivity contribution in [1.29, 1.82) is 0 Å². The number of alkyl carbamates (subject to hydrolysis) is 1. The Hall–Kier alpha value is -1.83. The number of Topliss-reactive ketones (excluding diaryl/α,β-unsaturated/α-hetero) is 1. The van der Waals surface area contributed by atoms with Gasteiger partial charge in [0, 0.05) is 37.2 Å². The maximum atomic E-state index is 14.6. The predicted molar refractivity (Wildman–Crippen MR) is 174 cm³/mol. The fourth-order valence-electron chi connectivity index (χ4n) is 8.96. The zero-order chi connectivity index (χ0) is 34.6. The van der Waals surface area contributed by atoms with Gasteiger partial charge in [-0.2, -0.15) is 0 Å². The van der Waals surface area contributed by atoms with Crippen molar-refractivity contribution in [3.63, 3.8) is 0 Å². The lowest BCUT2D eigenvalue weighted by molar-refractivity contribution is -0.300. The van der Waals surface area contributed by atoms with Crippen molar-refractivity contribution in [2.24, 2.45) is 17.3 Å². The Kier molecular flexibility index (Phi) is 10.4. The number of aliphatic hydroxyl groups is 1. The first kappa shape index (κ1) is 36.5. The molecule has 5 saturated heterocycles. The van der Waals surface area contributed by atoms with Crippen LogP contribution in [-0.2, 0) is 33.3 Å². The second-order valence-corrected chi connectivity index (χ2v) is 16.0. The number of nitrogens with one attached hydrogen (secondary N) is 1.